The average molecular weight is 252 g/mol. The third-order valence-electron chi connectivity index (χ3n) is 3.69. The van der Waals surface area contributed by atoms with Gasteiger partial charge in [0.25, 0.3) is 0 Å². The van der Waals surface area contributed by atoms with Crippen molar-refractivity contribution in [1.82, 2.24) is 0 Å². The number of hydrogen-bond donors (Lipinski definition) is 1. The van der Waals surface area contributed by atoms with Crippen LogP contribution in [-0.4, -0.2) is 25.8 Å². The summed E-state index contributed by atoms with van der Waals surface area (Å²) in [4.78, 5) is 1.98. The molecule has 1 aliphatic heterocycles. The zero-order valence-electron chi connectivity index (χ0n) is 11.2. The molecular formula is C14H21FN2O. The topological polar surface area (TPSA) is 38.5 Å². The van der Waals surface area contributed by atoms with Gasteiger partial charge in [-0.05, 0) is 31.9 Å². The smallest absolute Gasteiger partial charge is 0.146 e. The predicted octanol–water partition coefficient (Wildman–Crippen LogP) is 2.46. The maximum atomic E-state index is 14.1. The van der Waals surface area contributed by atoms with Gasteiger partial charge in [-0.15, -0.1) is 0 Å². The third-order valence-corrected chi connectivity index (χ3v) is 3.69. The maximum absolute atomic E-state index is 14.1. The number of anilines is 1. The summed E-state index contributed by atoms with van der Waals surface area (Å²) in [5.41, 5.74) is 7.38. The number of nitrogens with zero attached hydrogens (tertiary/aromatic N) is 1. The van der Waals surface area contributed by atoms with Crippen LogP contribution in [0.15, 0.2) is 18.2 Å². The van der Waals surface area contributed by atoms with Crippen molar-refractivity contribution in [1.29, 1.82) is 0 Å². The van der Waals surface area contributed by atoms with E-state index < -0.39 is 0 Å². The Morgan fingerprint density at radius 1 is 1.50 bits per heavy atom. The lowest BCUT2D eigenvalue weighted by atomic mass is 10.0. The van der Waals surface area contributed by atoms with E-state index in [0.717, 1.165) is 18.6 Å². The number of nitrogens with two attached hydrogens (primary N) is 1. The fourth-order valence-corrected chi connectivity index (χ4v) is 2.67. The minimum absolute atomic E-state index is 0.121. The highest BCUT2D eigenvalue weighted by Gasteiger charge is 2.30. The number of halogens is 1. The van der Waals surface area contributed by atoms with Crippen molar-refractivity contribution in [3.8, 4) is 0 Å². The van der Waals surface area contributed by atoms with E-state index in [1.807, 2.05) is 31.9 Å². The summed E-state index contributed by atoms with van der Waals surface area (Å²) in [6, 6.07) is 5.10. The zero-order valence-corrected chi connectivity index (χ0v) is 11.2. The number of likely N-dealkylation sites (N-methyl/N-ethyl adjacent to an activating group) is 1. The minimum atomic E-state index is -0.216. The number of ether oxygens (including phenoxy) is 1. The van der Waals surface area contributed by atoms with Crippen LogP contribution < -0.4 is 10.6 Å². The van der Waals surface area contributed by atoms with Gasteiger partial charge in [0.05, 0.1) is 17.8 Å². The Labute approximate surface area is 108 Å². The van der Waals surface area contributed by atoms with Crippen molar-refractivity contribution in [2.24, 2.45) is 5.73 Å². The first-order chi connectivity index (χ1) is 8.52. The predicted molar refractivity (Wildman–Crippen MR) is 71.2 cm³/mol. The molecule has 0 amide bonds. The molecule has 2 rings (SSSR count). The van der Waals surface area contributed by atoms with Crippen LogP contribution in [-0.2, 0) is 4.74 Å². The highest BCUT2D eigenvalue weighted by molar-refractivity contribution is 5.56. The molecule has 3 nitrogen and oxygen atoms in total. The lowest BCUT2D eigenvalue weighted by Gasteiger charge is -2.31. The van der Waals surface area contributed by atoms with Crippen LogP contribution in [0.3, 0.4) is 0 Å². The van der Waals surface area contributed by atoms with Gasteiger partial charge in [0.2, 0.25) is 0 Å². The van der Waals surface area contributed by atoms with Crippen molar-refractivity contribution < 1.29 is 9.13 Å². The largest absolute Gasteiger partial charge is 0.376 e. The summed E-state index contributed by atoms with van der Waals surface area (Å²) in [6.07, 6.45) is 1.04. The monoisotopic (exact) mass is 252 g/mol. The first-order valence-corrected chi connectivity index (χ1v) is 6.40. The zero-order chi connectivity index (χ0) is 13.3. The normalized spacial score (nSPS) is 25.2. The average Bonchev–Trinajstić information content (AvgIpc) is 2.74. The molecule has 1 fully saturated rings. The Bertz CT molecular complexity index is 422. The minimum Gasteiger partial charge on any atom is -0.376 e. The third kappa shape index (κ3) is 2.35. The van der Waals surface area contributed by atoms with Gasteiger partial charge in [-0.3, -0.25) is 0 Å². The van der Waals surface area contributed by atoms with Crippen LogP contribution in [0.2, 0.25) is 0 Å². The number of hydrogen-bond acceptors (Lipinski definition) is 3. The first-order valence-electron chi connectivity index (χ1n) is 6.40. The molecule has 0 saturated carbocycles. The van der Waals surface area contributed by atoms with Crippen LogP contribution in [0, 0.1) is 5.82 Å². The molecule has 2 N–H and O–H groups in total. The molecule has 0 radical (unpaired) electrons. The van der Waals surface area contributed by atoms with Crippen molar-refractivity contribution in [3.63, 3.8) is 0 Å². The second-order valence-electron chi connectivity index (χ2n) is 5.01. The van der Waals surface area contributed by atoms with Gasteiger partial charge < -0.3 is 15.4 Å². The number of para-hydroxylation sites is 1. The van der Waals surface area contributed by atoms with Crippen molar-refractivity contribution >= 4 is 5.69 Å². The molecule has 18 heavy (non-hydrogen) atoms. The van der Waals surface area contributed by atoms with E-state index in [9.17, 15) is 4.39 Å². The first kappa shape index (κ1) is 13.3. The highest BCUT2D eigenvalue weighted by Crippen LogP contribution is 2.32. The van der Waals surface area contributed by atoms with E-state index in [0.29, 0.717) is 5.69 Å². The second-order valence-corrected chi connectivity index (χ2v) is 5.01. The molecule has 0 aromatic heterocycles. The molecule has 0 aliphatic carbocycles. The number of benzene rings is 1. The quantitative estimate of drug-likeness (QED) is 0.898. The molecule has 2 unspecified atom stereocenters. The number of rotatable bonds is 3. The SMILES string of the molecule is CC1OCCC1N(C)c1c(F)cccc1[C@@H](C)N. The van der Waals surface area contributed by atoms with Gasteiger partial charge in [0.15, 0.2) is 0 Å². The summed E-state index contributed by atoms with van der Waals surface area (Å²) in [6.45, 7) is 4.64. The van der Waals surface area contributed by atoms with Gasteiger partial charge in [0, 0.05) is 19.7 Å². The van der Waals surface area contributed by atoms with Crippen LogP contribution in [0.25, 0.3) is 0 Å². The van der Waals surface area contributed by atoms with Crippen LogP contribution >= 0.6 is 0 Å². The molecule has 1 heterocycles. The van der Waals surface area contributed by atoms with E-state index in [1.54, 1.807) is 6.07 Å². The van der Waals surface area contributed by atoms with Crippen molar-refractivity contribution in [2.45, 2.75) is 38.5 Å². The summed E-state index contributed by atoms with van der Waals surface area (Å²) in [7, 11) is 1.92. The van der Waals surface area contributed by atoms with Gasteiger partial charge in [0.1, 0.15) is 5.82 Å². The molecule has 3 atom stereocenters. The van der Waals surface area contributed by atoms with Crippen LogP contribution in [0.1, 0.15) is 31.9 Å². The lowest BCUT2D eigenvalue weighted by Crippen LogP contribution is -2.38. The van der Waals surface area contributed by atoms with Crippen molar-refractivity contribution in [2.75, 3.05) is 18.6 Å². The van der Waals surface area contributed by atoms with Crippen LogP contribution in [0.4, 0.5) is 10.1 Å². The van der Waals surface area contributed by atoms with E-state index in [-0.39, 0.29) is 24.0 Å². The fraction of sp³-hybridized carbons (Fsp3) is 0.571. The Hall–Kier alpha value is -1.13. The molecule has 0 spiro atoms. The Morgan fingerprint density at radius 3 is 2.78 bits per heavy atom. The molecule has 0 bridgehead atoms. The van der Waals surface area contributed by atoms with Gasteiger partial charge in [-0.1, -0.05) is 12.1 Å². The molecule has 1 aromatic carbocycles. The molecule has 1 saturated heterocycles. The van der Waals surface area contributed by atoms with Crippen LogP contribution in [0.5, 0.6) is 0 Å². The van der Waals surface area contributed by atoms with E-state index in [1.165, 1.54) is 6.07 Å². The molecule has 1 aromatic rings. The maximum Gasteiger partial charge on any atom is 0.146 e. The van der Waals surface area contributed by atoms with E-state index in [2.05, 4.69) is 0 Å². The standard InChI is InChI=1S/C14H21FN2O/c1-9(16)11-5-4-6-12(15)14(11)17(3)13-7-8-18-10(13)2/h4-6,9-10,13H,7-8,16H2,1-3H3/t9-,10?,13?/m1/s1. The van der Waals surface area contributed by atoms with E-state index >= 15 is 0 Å². The van der Waals surface area contributed by atoms with Gasteiger partial charge in [-0.2, -0.15) is 0 Å². The van der Waals surface area contributed by atoms with Gasteiger partial charge >= 0.3 is 0 Å². The fourth-order valence-electron chi connectivity index (χ4n) is 2.67. The lowest BCUT2D eigenvalue weighted by molar-refractivity contribution is 0.118. The van der Waals surface area contributed by atoms with Crippen molar-refractivity contribution in [3.05, 3.63) is 29.6 Å². The highest BCUT2D eigenvalue weighted by atomic mass is 19.1. The molecule has 1 aliphatic rings. The Balaban J connectivity index is 2.37. The van der Waals surface area contributed by atoms with E-state index in [4.69, 9.17) is 10.5 Å². The molecular weight excluding hydrogens is 231 g/mol. The summed E-state index contributed by atoms with van der Waals surface area (Å²) in [5, 5.41) is 0. The summed E-state index contributed by atoms with van der Waals surface area (Å²) < 4.78 is 19.7. The van der Waals surface area contributed by atoms with Gasteiger partial charge in [-0.25, -0.2) is 4.39 Å². The molecule has 4 heteroatoms. The second kappa shape index (κ2) is 5.24. The molecule has 100 valence electrons. The summed E-state index contributed by atoms with van der Waals surface area (Å²) >= 11 is 0. The Kier molecular flexibility index (Phi) is 3.88. The summed E-state index contributed by atoms with van der Waals surface area (Å²) in [5.74, 6) is -0.216. The Morgan fingerprint density at radius 2 is 2.22 bits per heavy atom.